The van der Waals surface area contributed by atoms with Crippen LogP contribution in [-0.2, 0) is 23.6 Å². The van der Waals surface area contributed by atoms with Crippen molar-refractivity contribution in [3.05, 3.63) is 30.3 Å². The molecule has 0 spiro atoms. The number of amides is 1. The normalized spacial score (nSPS) is 13.7. The molecule has 1 N–H and O–H groups in total. The molecule has 0 aliphatic carbocycles. The number of Topliss-reactive ketones (excluding diaryl/α,β-unsaturated/α-hetero) is 1. The van der Waals surface area contributed by atoms with Gasteiger partial charge in [-0.25, -0.2) is 0 Å². The molecule has 1 rings (SSSR count). The number of rotatable bonds is 9. The molecule has 6 nitrogen and oxygen atoms in total. The molecule has 0 saturated carbocycles. The zero-order chi connectivity index (χ0) is 18.2. The first-order valence-electron chi connectivity index (χ1n) is 7.59. The molecule has 0 bridgehead atoms. The van der Waals surface area contributed by atoms with Gasteiger partial charge in [-0.1, -0.05) is 30.3 Å². The van der Waals surface area contributed by atoms with Gasteiger partial charge in [0.1, 0.15) is 18.2 Å². The Balaban J connectivity index is 2.57. The highest BCUT2D eigenvalue weighted by Gasteiger charge is 2.25. The topological polar surface area (TPSA) is 81.7 Å². The number of benzene rings is 1. The first kappa shape index (κ1) is 20.3. The lowest BCUT2D eigenvalue weighted by Crippen LogP contribution is -2.41. The Morgan fingerprint density at radius 3 is 2.42 bits per heavy atom. The van der Waals surface area contributed by atoms with E-state index in [1.54, 1.807) is 20.8 Å². The highest BCUT2D eigenvalue weighted by atomic mass is 31.1. The molecule has 24 heavy (non-hydrogen) atoms. The monoisotopic (exact) mass is 353 g/mol. The molecule has 2 atom stereocenters. The minimum absolute atomic E-state index is 0.175. The molecule has 2 unspecified atom stereocenters. The SMILES string of the molecule is CP(OCC(=O)C(CC(=O)OC(C)(C)C)NC=O)c1ccccc1. The zero-order valence-electron chi connectivity index (χ0n) is 14.4. The lowest BCUT2D eigenvalue weighted by molar-refractivity contribution is -0.156. The summed E-state index contributed by atoms with van der Waals surface area (Å²) in [5.41, 5.74) is -0.645. The number of hydrogen-bond acceptors (Lipinski definition) is 5. The van der Waals surface area contributed by atoms with Crippen molar-refractivity contribution in [2.75, 3.05) is 13.3 Å². The fourth-order valence-electron chi connectivity index (χ4n) is 1.87. The van der Waals surface area contributed by atoms with Crippen molar-refractivity contribution in [1.82, 2.24) is 5.32 Å². The number of ether oxygens (including phenoxy) is 1. The molecule has 0 saturated heterocycles. The van der Waals surface area contributed by atoms with Crippen LogP contribution in [0.2, 0.25) is 0 Å². The minimum Gasteiger partial charge on any atom is -0.460 e. The summed E-state index contributed by atoms with van der Waals surface area (Å²) >= 11 is 0. The number of carbonyl (C=O) groups is 3. The van der Waals surface area contributed by atoms with Crippen LogP contribution in [0.25, 0.3) is 0 Å². The minimum atomic E-state index is -0.948. The summed E-state index contributed by atoms with van der Waals surface area (Å²) in [5.74, 6) is -0.907. The number of ketones is 1. The fourth-order valence-corrected chi connectivity index (χ4v) is 2.93. The maximum Gasteiger partial charge on any atom is 0.308 e. The number of carbonyl (C=O) groups excluding carboxylic acids is 3. The summed E-state index contributed by atoms with van der Waals surface area (Å²) in [7, 11) is -0.938. The van der Waals surface area contributed by atoms with Crippen molar-refractivity contribution in [1.29, 1.82) is 0 Å². The Morgan fingerprint density at radius 1 is 1.25 bits per heavy atom. The quantitative estimate of drug-likeness (QED) is 0.416. The second kappa shape index (κ2) is 9.50. The molecular formula is C17H24NO5P. The smallest absolute Gasteiger partial charge is 0.308 e. The van der Waals surface area contributed by atoms with E-state index in [1.165, 1.54) is 0 Å². The molecule has 132 valence electrons. The maximum absolute atomic E-state index is 12.2. The second-order valence-electron chi connectivity index (χ2n) is 6.20. The summed E-state index contributed by atoms with van der Waals surface area (Å²) in [4.78, 5) is 34.8. The van der Waals surface area contributed by atoms with E-state index in [2.05, 4.69) is 5.32 Å². The largest absolute Gasteiger partial charge is 0.460 e. The van der Waals surface area contributed by atoms with E-state index >= 15 is 0 Å². The van der Waals surface area contributed by atoms with Gasteiger partial charge in [0.15, 0.2) is 5.78 Å². The van der Waals surface area contributed by atoms with Crippen molar-refractivity contribution in [2.45, 2.75) is 38.8 Å². The average molecular weight is 353 g/mol. The Hall–Kier alpha value is -1.78. The number of esters is 1. The summed E-state index contributed by atoms with van der Waals surface area (Å²) < 4.78 is 10.8. The third-order valence-electron chi connectivity index (χ3n) is 2.97. The van der Waals surface area contributed by atoms with Crippen LogP contribution in [0.5, 0.6) is 0 Å². The molecule has 1 aromatic rings. The van der Waals surface area contributed by atoms with Crippen molar-refractivity contribution in [2.24, 2.45) is 0 Å². The molecule has 0 aliphatic heterocycles. The van der Waals surface area contributed by atoms with Crippen LogP contribution < -0.4 is 10.6 Å². The van der Waals surface area contributed by atoms with Crippen molar-refractivity contribution in [3.63, 3.8) is 0 Å². The van der Waals surface area contributed by atoms with Gasteiger partial charge in [0.25, 0.3) is 0 Å². The zero-order valence-corrected chi connectivity index (χ0v) is 15.3. The summed E-state index contributed by atoms with van der Waals surface area (Å²) in [6.07, 6.45) is 0.185. The van der Waals surface area contributed by atoms with Crippen LogP contribution in [0.4, 0.5) is 0 Å². The Kier molecular flexibility index (Phi) is 8.02. The van der Waals surface area contributed by atoms with E-state index in [1.807, 2.05) is 37.0 Å². The molecule has 0 aromatic heterocycles. The predicted octanol–water partition coefficient (Wildman–Crippen LogP) is 1.77. The van der Waals surface area contributed by atoms with Crippen molar-refractivity contribution >= 4 is 31.6 Å². The molecule has 0 aliphatic rings. The van der Waals surface area contributed by atoms with Crippen LogP contribution in [0.3, 0.4) is 0 Å². The van der Waals surface area contributed by atoms with Gasteiger partial charge < -0.3 is 14.6 Å². The predicted molar refractivity (Wildman–Crippen MR) is 93.3 cm³/mol. The number of nitrogens with one attached hydrogen (secondary N) is 1. The molecule has 1 aromatic carbocycles. The highest BCUT2D eigenvalue weighted by Crippen LogP contribution is 2.30. The Morgan fingerprint density at radius 2 is 1.88 bits per heavy atom. The van der Waals surface area contributed by atoms with E-state index in [0.717, 1.165) is 5.30 Å². The van der Waals surface area contributed by atoms with Gasteiger partial charge in [0.05, 0.1) is 14.6 Å². The van der Waals surface area contributed by atoms with Crippen LogP contribution >= 0.6 is 8.15 Å². The van der Waals surface area contributed by atoms with Crippen LogP contribution in [-0.4, -0.2) is 43.1 Å². The Labute approximate surface area is 143 Å². The molecule has 0 fully saturated rings. The second-order valence-corrected chi connectivity index (χ2v) is 7.97. The Bertz CT molecular complexity index is 556. The molecule has 1 amide bonds. The first-order chi connectivity index (χ1) is 11.2. The summed E-state index contributed by atoms with van der Waals surface area (Å²) in [5, 5.41) is 3.37. The molecular weight excluding hydrogens is 329 g/mol. The molecule has 0 heterocycles. The number of hydrogen-bond donors (Lipinski definition) is 1. The van der Waals surface area contributed by atoms with E-state index in [-0.39, 0.29) is 18.8 Å². The van der Waals surface area contributed by atoms with Gasteiger partial charge in [0.2, 0.25) is 6.41 Å². The van der Waals surface area contributed by atoms with Crippen molar-refractivity contribution in [3.8, 4) is 0 Å². The average Bonchev–Trinajstić information content (AvgIpc) is 2.51. The van der Waals surface area contributed by atoms with E-state index in [4.69, 9.17) is 9.26 Å². The third kappa shape index (κ3) is 7.66. The van der Waals surface area contributed by atoms with Crippen LogP contribution in [0.15, 0.2) is 30.3 Å². The summed E-state index contributed by atoms with van der Waals surface area (Å²) in [6, 6.07) is 8.62. The molecule has 7 heteroatoms. The summed E-state index contributed by atoms with van der Waals surface area (Å²) in [6.45, 7) is 6.94. The van der Waals surface area contributed by atoms with E-state index in [0.29, 0.717) is 6.41 Å². The van der Waals surface area contributed by atoms with Gasteiger partial charge in [-0.2, -0.15) is 0 Å². The van der Waals surface area contributed by atoms with Gasteiger partial charge in [0, 0.05) is 5.30 Å². The van der Waals surface area contributed by atoms with Gasteiger partial charge in [-0.05, 0) is 27.4 Å². The highest BCUT2D eigenvalue weighted by molar-refractivity contribution is 7.60. The van der Waals surface area contributed by atoms with Crippen molar-refractivity contribution < 1.29 is 23.6 Å². The first-order valence-corrected chi connectivity index (χ1v) is 9.29. The third-order valence-corrected chi connectivity index (χ3v) is 4.51. The standard InChI is InChI=1S/C17H24NO5P/c1-17(2,3)23-16(21)10-14(18-12-19)15(20)11-22-24(4)13-8-6-5-7-9-13/h5-9,12,14H,10-11H2,1-4H3,(H,18,19). The van der Waals surface area contributed by atoms with Crippen LogP contribution in [0.1, 0.15) is 27.2 Å². The lowest BCUT2D eigenvalue weighted by Gasteiger charge is -2.22. The van der Waals surface area contributed by atoms with Gasteiger partial charge in [-0.3, -0.25) is 14.4 Å². The maximum atomic E-state index is 12.2. The van der Waals surface area contributed by atoms with Gasteiger partial charge in [-0.15, -0.1) is 0 Å². The lowest BCUT2D eigenvalue weighted by atomic mass is 10.1. The van der Waals surface area contributed by atoms with Gasteiger partial charge >= 0.3 is 5.97 Å². The van der Waals surface area contributed by atoms with Crippen LogP contribution in [0, 0.1) is 0 Å². The molecule has 0 radical (unpaired) electrons. The fraction of sp³-hybridized carbons (Fsp3) is 0.471. The van der Waals surface area contributed by atoms with E-state index in [9.17, 15) is 14.4 Å². The van der Waals surface area contributed by atoms with E-state index < -0.39 is 25.8 Å².